The highest BCUT2D eigenvalue weighted by Gasteiger charge is 2.07. The van der Waals surface area contributed by atoms with Crippen molar-refractivity contribution in [3.63, 3.8) is 0 Å². The fourth-order valence-electron chi connectivity index (χ4n) is 2.17. The van der Waals surface area contributed by atoms with E-state index in [2.05, 4.69) is 52.2 Å². The van der Waals surface area contributed by atoms with Crippen LogP contribution in [0.2, 0.25) is 0 Å². The molecular weight excluding hydrogens is 316 g/mol. The maximum atomic E-state index is 5.34. The molecule has 1 aromatic carbocycles. The average molecular weight is 335 g/mol. The molecule has 20 heavy (non-hydrogen) atoms. The van der Waals surface area contributed by atoms with Crippen LogP contribution in [0.3, 0.4) is 0 Å². The second-order valence-electron chi connectivity index (χ2n) is 4.85. The van der Waals surface area contributed by atoms with E-state index in [-0.39, 0.29) is 0 Å². The van der Waals surface area contributed by atoms with Gasteiger partial charge in [0.05, 0.1) is 7.11 Å². The largest absolute Gasteiger partial charge is 0.496 e. The smallest absolute Gasteiger partial charge is 0.129 e. The normalized spacial score (nSPS) is 10.4. The topological polar surface area (TPSA) is 34.1 Å². The zero-order chi connectivity index (χ0) is 14.7. The number of pyridine rings is 1. The van der Waals surface area contributed by atoms with Crippen LogP contribution < -0.4 is 10.1 Å². The van der Waals surface area contributed by atoms with E-state index >= 15 is 0 Å². The number of rotatable bonds is 4. The molecule has 0 amide bonds. The standard InChI is InChI=1S/C16H19BrN2O/c1-10-7-14(17)9-19-16(10)18-8-13-5-6-15(20-4)12(3)11(13)2/h5-7,9H,8H2,1-4H3,(H,18,19). The van der Waals surface area contributed by atoms with E-state index in [1.165, 1.54) is 16.7 Å². The van der Waals surface area contributed by atoms with E-state index in [9.17, 15) is 0 Å². The van der Waals surface area contributed by atoms with Gasteiger partial charge in [-0.25, -0.2) is 4.98 Å². The number of halogens is 1. The lowest BCUT2D eigenvalue weighted by Gasteiger charge is -2.14. The first-order valence-electron chi connectivity index (χ1n) is 6.52. The highest BCUT2D eigenvalue weighted by molar-refractivity contribution is 9.10. The van der Waals surface area contributed by atoms with Crippen LogP contribution >= 0.6 is 15.9 Å². The van der Waals surface area contributed by atoms with Gasteiger partial charge in [0, 0.05) is 17.2 Å². The number of hydrogen-bond donors (Lipinski definition) is 1. The third-order valence-electron chi connectivity index (χ3n) is 3.56. The molecule has 0 saturated carbocycles. The number of hydrogen-bond acceptors (Lipinski definition) is 3. The Bertz CT molecular complexity index is 626. The number of benzene rings is 1. The van der Waals surface area contributed by atoms with Crippen molar-refractivity contribution in [3.05, 3.63) is 51.1 Å². The molecule has 0 radical (unpaired) electrons. The molecule has 2 aromatic rings. The lowest BCUT2D eigenvalue weighted by molar-refractivity contribution is 0.411. The van der Waals surface area contributed by atoms with E-state index in [1.54, 1.807) is 7.11 Å². The Morgan fingerprint density at radius 1 is 1.20 bits per heavy atom. The van der Waals surface area contributed by atoms with Crippen molar-refractivity contribution in [2.24, 2.45) is 0 Å². The maximum Gasteiger partial charge on any atom is 0.129 e. The lowest BCUT2D eigenvalue weighted by atomic mass is 10.0. The summed E-state index contributed by atoms with van der Waals surface area (Å²) in [5.41, 5.74) is 4.83. The molecule has 4 heteroatoms. The Morgan fingerprint density at radius 3 is 2.60 bits per heavy atom. The first-order valence-corrected chi connectivity index (χ1v) is 7.31. The van der Waals surface area contributed by atoms with Gasteiger partial charge in [0.15, 0.2) is 0 Å². The molecule has 1 N–H and O–H groups in total. The summed E-state index contributed by atoms with van der Waals surface area (Å²) in [5, 5.41) is 3.39. The van der Waals surface area contributed by atoms with Gasteiger partial charge in [-0.05, 0) is 71.1 Å². The SMILES string of the molecule is COc1ccc(CNc2ncc(Br)cc2C)c(C)c1C. The van der Waals surface area contributed by atoms with Gasteiger partial charge in [0.2, 0.25) is 0 Å². The van der Waals surface area contributed by atoms with E-state index in [0.717, 1.165) is 28.1 Å². The number of aromatic nitrogens is 1. The zero-order valence-electron chi connectivity index (χ0n) is 12.2. The first kappa shape index (κ1) is 14.9. The molecule has 1 aromatic heterocycles. The number of nitrogens with one attached hydrogen (secondary N) is 1. The molecule has 106 valence electrons. The van der Waals surface area contributed by atoms with Crippen molar-refractivity contribution in [3.8, 4) is 5.75 Å². The van der Waals surface area contributed by atoms with Gasteiger partial charge in [-0.15, -0.1) is 0 Å². The van der Waals surface area contributed by atoms with Gasteiger partial charge in [-0.2, -0.15) is 0 Å². The molecule has 0 spiro atoms. The molecule has 0 fully saturated rings. The van der Waals surface area contributed by atoms with Crippen molar-refractivity contribution in [2.45, 2.75) is 27.3 Å². The number of anilines is 1. The molecule has 0 atom stereocenters. The quantitative estimate of drug-likeness (QED) is 0.900. The van der Waals surface area contributed by atoms with Crippen LogP contribution in [0.25, 0.3) is 0 Å². The predicted molar refractivity (Wildman–Crippen MR) is 86.5 cm³/mol. The van der Waals surface area contributed by atoms with Crippen LogP contribution in [0, 0.1) is 20.8 Å². The monoisotopic (exact) mass is 334 g/mol. The van der Waals surface area contributed by atoms with E-state index < -0.39 is 0 Å². The molecule has 0 aliphatic carbocycles. The molecular formula is C16H19BrN2O. The molecule has 0 saturated heterocycles. The van der Waals surface area contributed by atoms with Crippen molar-refractivity contribution < 1.29 is 4.74 Å². The second kappa shape index (κ2) is 6.27. The van der Waals surface area contributed by atoms with Gasteiger partial charge in [-0.3, -0.25) is 0 Å². The van der Waals surface area contributed by atoms with Crippen molar-refractivity contribution in [1.82, 2.24) is 4.98 Å². The molecule has 0 aliphatic heterocycles. The summed E-state index contributed by atoms with van der Waals surface area (Å²) in [6.45, 7) is 7.01. The van der Waals surface area contributed by atoms with Gasteiger partial charge < -0.3 is 10.1 Å². The summed E-state index contributed by atoms with van der Waals surface area (Å²) in [6.07, 6.45) is 1.81. The number of nitrogens with zero attached hydrogens (tertiary/aromatic N) is 1. The Labute approximate surface area is 128 Å². The molecule has 2 rings (SSSR count). The zero-order valence-corrected chi connectivity index (χ0v) is 13.8. The van der Waals surface area contributed by atoms with Gasteiger partial charge in [0.25, 0.3) is 0 Å². The highest BCUT2D eigenvalue weighted by atomic mass is 79.9. The first-order chi connectivity index (χ1) is 9.52. The van der Waals surface area contributed by atoms with Gasteiger partial charge in [0.1, 0.15) is 11.6 Å². The van der Waals surface area contributed by atoms with Crippen LogP contribution in [0.15, 0.2) is 28.9 Å². The van der Waals surface area contributed by atoms with Crippen LogP contribution in [0.4, 0.5) is 5.82 Å². The summed E-state index contributed by atoms with van der Waals surface area (Å²) < 4.78 is 6.34. The predicted octanol–water partition coefficient (Wildman–Crippen LogP) is 4.39. The molecule has 0 bridgehead atoms. The summed E-state index contributed by atoms with van der Waals surface area (Å²) in [6, 6.07) is 6.17. The van der Waals surface area contributed by atoms with Gasteiger partial charge in [-0.1, -0.05) is 6.07 Å². The minimum Gasteiger partial charge on any atom is -0.496 e. The average Bonchev–Trinajstić information content (AvgIpc) is 2.42. The molecule has 0 unspecified atom stereocenters. The summed E-state index contributed by atoms with van der Waals surface area (Å²) in [7, 11) is 1.70. The van der Waals surface area contributed by atoms with Crippen molar-refractivity contribution in [1.29, 1.82) is 0 Å². The Kier molecular flexibility index (Phi) is 4.65. The number of aryl methyl sites for hydroxylation is 1. The lowest BCUT2D eigenvalue weighted by Crippen LogP contribution is -2.05. The highest BCUT2D eigenvalue weighted by Crippen LogP contribution is 2.25. The summed E-state index contributed by atoms with van der Waals surface area (Å²) >= 11 is 3.43. The van der Waals surface area contributed by atoms with E-state index in [1.807, 2.05) is 19.2 Å². The van der Waals surface area contributed by atoms with Crippen molar-refractivity contribution >= 4 is 21.7 Å². The molecule has 3 nitrogen and oxygen atoms in total. The fourth-order valence-corrected chi connectivity index (χ4v) is 2.61. The summed E-state index contributed by atoms with van der Waals surface area (Å²) in [5.74, 6) is 1.85. The van der Waals surface area contributed by atoms with Gasteiger partial charge >= 0.3 is 0 Å². The molecule has 1 heterocycles. The fraction of sp³-hybridized carbons (Fsp3) is 0.312. The minimum absolute atomic E-state index is 0.756. The Hall–Kier alpha value is -1.55. The van der Waals surface area contributed by atoms with E-state index in [0.29, 0.717) is 0 Å². The van der Waals surface area contributed by atoms with Crippen LogP contribution in [-0.4, -0.2) is 12.1 Å². The van der Waals surface area contributed by atoms with Crippen molar-refractivity contribution in [2.75, 3.05) is 12.4 Å². The third-order valence-corrected chi connectivity index (χ3v) is 3.99. The Balaban J connectivity index is 2.17. The maximum absolute atomic E-state index is 5.34. The van der Waals surface area contributed by atoms with Crippen LogP contribution in [0.1, 0.15) is 22.3 Å². The van der Waals surface area contributed by atoms with Crippen LogP contribution in [0.5, 0.6) is 5.75 Å². The van der Waals surface area contributed by atoms with Crippen LogP contribution in [-0.2, 0) is 6.54 Å². The minimum atomic E-state index is 0.756. The number of ether oxygens (including phenoxy) is 1. The third kappa shape index (κ3) is 3.12. The summed E-state index contributed by atoms with van der Waals surface area (Å²) in [4.78, 5) is 4.40. The van der Waals surface area contributed by atoms with E-state index in [4.69, 9.17) is 4.74 Å². The Morgan fingerprint density at radius 2 is 1.95 bits per heavy atom. The molecule has 0 aliphatic rings. The second-order valence-corrected chi connectivity index (χ2v) is 5.77. The number of methoxy groups -OCH3 is 1.